The van der Waals surface area contributed by atoms with Gasteiger partial charge in [0.25, 0.3) is 0 Å². The molecule has 130 valence electrons. The van der Waals surface area contributed by atoms with E-state index >= 15 is 0 Å². The normalized spacial score (nSPS) is 20.9. The van der Waals surface area contributed by atoms with Crippen molar-refractivity contribution in [3.8, 4) is 0 Å². The molecule has 4 rings (SSSR count). The number of likely N-dealkylation sites (tertiary alicyclic amines) is 1. The molecule has 1 aromatic carbocycles. The van der Waals surface area contributed by atoms with Crippen LogP contribution in [-0.2, 0) is 9.59 Å². The van der Waals surface area contributed by atoms with E-state index in [-0.39, 0.29) is 30.2 Å². The molecule has 2 aliphatic heterocycles. The molecule has 0 aliphatic carbocycles. The zero-order chi connectivity index (χ0) is 17.6. The maximum Gasteiger partial charge on any atom is 0.228 e. The van der Waals surface area contributed by atoms with Gasteiger partial charge in [-0.05, 0) is 31.0 Å². The Labute approximate surface area is 146 Å². The van der Waals surface area contributed by atoms with Crippen molar-refractivity contribution in [2.45, 2.75) is 26.3 Å². The van der Waals surface area contributed by atoms with E-state index in [0.29, 0.717) is 19.6 Å². The van der Waals surface area contributed by atoms with E-state index in [2.05, 4.69) is 10.1 Å². The fourth-order valence-corrected chi connectivity index (χ4v) is 3.60. The molecule has 0 radical (unpaired) electrons. The highest BCUT2D eigenvalue weighted by atomic mass is 16.2. The molecule has 7 heteroatoms. The molecule has 0 N–H and O–H groups in total. The van der Waals surface area contributed by atoms with Crippen LogP contribution in [-0.4, -0.2) is 51.1 Å². The Morgan fingerprint density at radius 1 is 1.20 bits per heavy atom. The molecule has 3 heterocycles. The number of carbonyl (C=O) groups is 2. The lowest BCUT2D eigenvalue weighted by molar-refractivity contribution is -0.141. The summed E-state index contributed by atoms with van der Waals surface area (Å²) in [7, 11) is 0. The summed E-state index contributed by atoms with van der Waals surface area (Å²) in [5, 5.41) is 4.12. The Hall–Kier alpha value is -2.70. The predicted molar refractivity (Wildman–Crippen MR) is 92.0 cm³/mol. The molecule has 1 aromatic heterocycles. The highest BCUT2D eigenvalue weighted by Crippen LogP contribution is 2.31. The van der Waals surface area contributed by atoms with E-state index in [9.17, 15) is 9.59 Å². The van der Waals surface area contributed by atoms with Crippen LogP contribution < -0.4 is 4.90 Å². The molecule has 1 unspecified atom stereocenters. The first-order chi connectivity index (χ1) is 12.0. The lowest BCUT2D eigenvalue weighted by atomic mass is 10.0. The number of rotatable bonds is 3. The molecular weight excluding hydrogens is 318 g/mol. The van der Waals surface area contributed by atoms with Gasteiger partial charge < -0.3 is 9.80 Å². The van der Waals surface area contributed by atoms with Gasteiger partial charge in [-0.3, -0.25) is 9.59 Å². The second kappa shape index (κ2) is 5.98. The summed E-state index contributed by atoms with van der Waals surface area (Å²) in [6, 6.07) is 6.14. The van der Waals surface area contributed by atoms with E-state index in [1.807, 2.05) is 36.9 Å². The molecule has 2 aliphatic rings. The third-order valence-electron chi connectivity index (χ3n) is 5.33. The van der Waals surface area contributed by atoms with Crippen molar-refractivity contribution < 1.29 is 9.59 Å². The van der Waals surface area contributed by atoms with Gasteiger partial charge in [-0.15, -0.1) is 0 Å². The SMILES string of the molecule is Cc1cccc(N2CC(C(=O)N3CC(n4cncn4)C3)CC2=O)c1C. The molecule has 7 nitrogen and oxygen atoms in total. The molecule has 2 fully saturated rings. The number of amides is 2. The summed E-state index contributed by atoms with van der Waals surface area (Å²) in [5.74, 6) is -0.165. The number of hydrogen-bond acceptors (Lipinski definition) is 4. The van der Waals surface area contributed by atoms with Gasteiger partial charge in [0, 0.05) is 31.7 Å². The lowest BCUT2D eigenvalue weighted by Crippen LogP contribution is -2.53. The van der Waals surface area contributed by atoms with Gasteiger partial charge in [0.2, 0.25) is 11.8 Å². The molecule has 0 spiro atoms. The molecule has 0 saturated carbocycles. The predicted octanol–water partition coefficient (Wildman–Crippen LogP) is 1.33. The molecule has 2 aromatic rings. The van der Waals surface area contributed by atoms with Crippen molar-refractivity contribution in [2.75, 3.05) is 24.5 Å². The van der Waals surface area contributed by atoms with Gasteiger partial charge in [0.15, 0.2) is 0 Å². The Balaban J connectivity index is 1.42. The molecule has 1 atom stereocenters. The number of carbonyl (C=O) groups excluding carboxylic acids is 2. The first kappa shape index (κ1) is 15.8. The highest BCUT2D eigenvalue weighted by Gasteiger charge is 2.41. The Morgan fingerprint density at radius 3 is 2.72 bits per heavy atom. The second-order valence-electron chi connectivity index (χ2n) is 6.90. The average Bonchev–Trinajstić information content (AvgIpc) is 3.19. The van der Waals surface area contributed by atoms with Crippen LogP contribution in [0.5, 0.6) is 0 Å². The Kier molecular flexibility index (Phi) is 3.78. The summed E-state index contributed by atoms with van der Waals surface area (Å²) in [6.07, 6.45) is 3.46. The van der Waals surface area contributed by atoms with Crippen molar-refractivity contribution in [1.82, 2.24) is 19.7 Å². The summed E-state index contributed by atoms with van der Waals surface area (Å²) in [4.78, 5) is 32.7. The number of aromatic nitrogens is 3. The molecule has 2 saturated heterocycles. The number of nitrogens with zero attached hydrogens (tertiary/aromatic N) is 5. The topological polar surface area (TPSA) is 71.3 Å². The summed E-state index contributed by atoms with van der Waals surface area (Å²) in [6.45, 7) is 5.79. The molecule has 0 bridgehead atoms. The number of hydrogen-bond donors (Lipinski definition) is 0. The van der Waals surface area contributed by atoms with Crippen LogP contribution in [0.4, 0.5) is 5.69 Å². The number of benzene rings is 1. The van der Waals surface area contributed by atoms with Gasteiger partial charge >= 0.3 is 0 Å². The van der Waals surface area contributed by atoms with Crippen molar-refractivity contribution in [2.24, 2.45) is 5.92 Å². The minimum atomic E-state index is -0.260. The summed E-state index contributed by atoms with van der Waals surface area (Å²) >= 11 is 0. The first-order valence-electron chi connectivity index (χ1n) is 8.54. The zero-order valence-corrected chi connectivity index (χ0v) is 14.4. The van der Waals surface area contributed by atoms with Crippen LogP contribution in [0.3, 0.4) is 0 Å². The Morgan fingerprint density at radius 2 is 2.00 bits per heavy atom. The number of anilines is 1. The average molecular weight is 339 g/mol. The van der Waals surface area contributed by atoms with E-state index < -0.39 is 0 Å². The maximum atomic E-state index is 12.7. The van der Waals surface area contributed by atoms with E-state index in [1.165, 1.54) is 6.33 Å². The summed E-state index contributed by atoms with van der Waals surface area (Å²) in [5.41, 5.74) is 3.17. The number of aryl methyl sites for hydroxylation is 1. The van der Waals surface area contributed by atoms with Gasteiger partial charge in [-0.1, -0.05) is 12.1 Å². The van der Waals surface area contributed by atoms with Crippen molar-refractivity contribution in [3.05, 3.63) is 42.0 Å². The Bertz CT molecular complexity index is 811. The maximum absolute atomic E-state index is 12.7. The lowest BCUT2D eigenvalue weighted by Gasteiger charge is -2.40. The largest absolute Gasteiger partial charge is 0.338 e. The third kappa shape index (κ3) is 2.69. The highest BCUT2D eigenvalue weighted by molar-refractivity contribution is 6.01. The second-order valence-corrected chi connectivity index (χ2v) is 6.90. The van der Waals surface area contributed by atoms with Gasteiger partial charge in [-0.25, -0.2) is 9.67 Å². The van der Waals surface area contributed by atoms with Gasteiger partial charge in [-0.2, -0.15) is 5.10 Å². The smallest absolute Gasteiger partial charge is 0.228 e. The zero-order valence-electron chi connectivity index (χ0n) is 14.4. The van der Waals surface area contributed by atoms with Crippen molar-refractivity contribution in [3.63, 3.8) is 0 Å². The first-order valence-corrected chi connectivity index (χ1v) is 8.54. The summed E-state index contributed by atoms with van der Waals surface area (Å²) < 4.78 is 1.78. The fraction of sp³-hybridized carbons (Fsp3) is 0.444. The molecule has 2 amide bonds. The van der Waals surface area contributed by atoms with Crippen molar-refractivity contribution >= 4 is 17.5 Å². The fourth-order valence-electron chi connectivity index (χ4n) is 3.60. The molecule has 25 heavy (non-hydrogen) atoms. The van der Waals surface area contributed by atoms with Crippen LogP contribution >= 0.6 is 0 Å². The quantitative estimate of drug-likeness (QED) is 0.846. The van der Waals surface area contributed by atoms with Crippen LogP contribution in [0.25, 0.3) is 0 Å². The van der Waals surface area contributed by atoms with E-state index in [1.54, 1.807) is 15.9 Å². The standard InChI is InChI=1S/C18H21N5O2/c1-12-4-3-5-16(13(12)2)22-7-14(6-17(22)24)18(25)21-8-15(9-21)23-11-19-10-20-23/h3-5,10-11,14-15H,6-9H2,1-2H3. The van der Waals surface area contributed by atoms with Crippen LogP contribution in [0, 0.1) is 19.8 Å². The van der Waals surface area contributed by atoms with Gasteiger partial charge in [0.05, 0.1) is 12.0 Å². The van der Waals surface area contributed by atoms with Crippen LogP contribution in [0.2, 0.25) is 0 Å². The van der Waals surface area contributed by atoms with Crippen LogP contribution in [0.15, 0.2) is 30.9 Å². The molecular formula is C18H21N5O2. The van der Waals surface area contributed by atoms with Crippen molar-refractivity contribution in [1.29, 1.82) is 0 Å². The monoisotopic (exact) mass is 339 g/mol. The third-order valence-corrected chi connectivity index (χ3v) is 5.33. The minimum Gasteiger partial charge on any atom is -0.338 e. The minimum absolute atomic E-state index is 0.0281. The van der Waals surface area contributed by atoms with Crippen LogP contribution in [0.1, 0.15) is 23.6 Å². The van der Waals surface area contributed by atoms with E-state index in [0.717, 1.165) is 16.8 Å². The van der Waals surface area contributed by atoms with Gasteiger partial charge in [0.1, 0.15) is 12.7 Å². The van der Waals surface area contributed by atoms with E-state index in [4.69, 9.17) is 0 Å².